The minimum Gasteiger partial charge on any atom is -0.385 e. The lowest BCUT2D eigenvalue weighted by Crippen LogP contribution is -2.54. The first-order valence-corrected chi connectivity index (χ1v) is 7.26. The van der Waals surface area contributed by atoms with Crippen LogP contribution in [0.2, 0.25) is 0 Å². The van der Waals surface area contributed by atoms with Gasteiger partial charge in [-0.1, -0.05) is 13.8 Å². The average molecular weight is 285 g/mol. The Morgan fingerprint density at radius 3 is 2.20 bits per heavy atom. The Bertz CT molecular complexity index is 326. The summed E-state index contributed by atoms with van der Waals surface area (Å²) in [5, 5.41) is 0. The third kappa shape index (κ3) is 5.09. The van der Waals surface area contributed by atoms with Crippen molar-refractivity contribution >= 4 is 11.8 Å². The second-order valence-electron chi connectivity index (χ2n) is 5.69. The van der Waals surface area contributed by atoms with Gasteiger partial charge in [-0.25, -0.2) is 0 Å². The number of hydrogen-bond donors (Lipinski definition) is 1. The predicted octanol–water partition coefficient (Wildman–Crippen LogP) is 0.0671. The smallest absolute Gasteiger partial charge is 0.239 e. The van der Waals surface area contributed by atoms with Gasteiger partial charge < -0.3 is 20.3 Å². The van der Waals surface area contributed by atoms with E-state index in [-0.39, 0.29) is 11.8 Å². The van der Waals surface area contributed by atoms with Gasteiger partial charge in [0.05, 0.1) is 6.04 Å². The van der Waals surface area contributed by atoms with Gasteiger partial charge in [-0.15, -0.1) is 0 Å². The molecule has 1 aliphatic rings. The van der Waals surface area contributed by atoms with Crippen LogP contribution in [0.1, 0.15) is 26.7 Å². The van der Waals surface area contributed by atoms with Crippen LogP contribution in [0, 0.1) is 5.92 Å². The molecule has 1 atom stereocenters. The molecule has 0 aromatic carbocycles. The van der Waals surface area contributed by atoms with Crippen molar-refractivity contribution in [1.29, 1.82) is 0 Å². The third-order valence-corrected chi connectivity index (χ3v) is 3.48. The minimum atomic E-state index is -0.507. The maximum atomic E-state index is 12.1. The molecule has 116 valence electrons. The minimum absolute atomic E-state index is 0.0435. The summed E-state index contributed by atoms with van der Waals surface area (Å²) in [5.41, 5.74) is 5.84. The van der Waals surface area contributed by atoms with E-state index in [1.807, 2.05) is 18.7 Å². The Balaban J connectivity index is 2.38. The van der Waals surface area contributed by atoms with Crippen LogP contribution in [-0.2, 0) is 14.3 Å². The number of methoxy groups -OCH3 is 1. The number of hydrogen-bond acceptors (Lipinski definition) is 4. The molecule has 20 heavy (non-hydrogen) atoms. The number of ether oxygens (including phenoxy) is 1. The molecule has 2 amide bonds. The SMILES string of the molecule is COCCC(N)C(=O)N1CCN(C(=O)CC(C)C)CC1. The van der Waals surface area contributed by atoms with Crippen LogP contribution in [-0.4, -0.2) is 67.6 Å². The summed E-state index contributed by atoms with van der Waals surface area (Å²) in [4.78, 5) is 27.6. The van der Waals surface area contributed by atoms with Gasteiger partial charge in [0.1, 0.15) is 0 Å². The van der Waals surface area contributed by atoms with Gasteiger partial charge in [-0.3, -0.25) is 9.59 Å². The molecule has 0 aromatic heterocycles. The molecule has 1 heterocycles. The van der Waals surface area contributed by atoms with E-state index in [1.54, 1.807) is 12.0 Å². The second-order valence-corrected chi connectivity index (χ2v) is 5.69. The summed E-state index contributed by atoms with van der Waals surface area (Å²) >= 11 is 0. The number of carbonyl (C=O) groups is 2. The van der Waals surface area contributed by atoms with Gasteiger partial charge in [0, 0.05) is 46.3 Å². The Kier molecular flexibility index (Phi) is 6.95. The van der Waals surface area contributed by atoms with Crippen molar-refractivity contribution in [3.63, 3.8) is 0 Å². The molecule has 0 spiro atoms. The Morgan fingerprint density at radius 2 is 1.70 bits per heavy atom. The maximum absolute atomic E-state index is 12.1. The van der Waals surface area contributed by atoms with Gasteiger partial charge in [-0.05, 0) is 12.3 Å². The molecular weight excluding hydrogens is 258 g/mol. The highest BCUT2D eigenvalue weighted by molar-refractivity contribution is 5.82. The van der Waals surface area contributed by atoms with Crippen molar-refractivity contribution in [1.82, 2.24) is 9.80 Å². The molecule has 1 unspecified atom stereocenters. The Morgan fingerprint density at radius 1 is 1.15 bits per heavy atom. The normalized spacial score (nSPS) is 17.4. The second kappa shape index (κ2) is 8.21. The Labute approximate surface area is 121 Å². The van der Waals surface area contributed by atoms with E-state index < -0.39 is 6.04 Å². The monoisotopic (exact) mass is 285 g/mol. The summed E-state index contributed by atoms with van der Waals surface area (Å²) in [7, 11) is 1.59. The number of nitrogens with two attached hydrogens (primary N) is 1. The Hall–Kier alpha value is -1.14. The van der Waals surface area contributed by atoms with Crippen LogP contribution < -0.4 is 5.73 Å². The van der Waals surface area contributed by atoms with E-state index in [2.05, 4.69) is 0 Å². The molecule has 1 fully saturated rings. The molecule has 0 bridgehead atoms. The molecule has 1 rings (SSSR count). The fourth-order valence-electron chi connectivity index (χ4n) is 2.26. The topological polar surface area (TPSA) is 75.9 Å². The number of nitrogens with zero attached hydrogens (tertiary/aromatic N) is 2. The van der Waals surface area contributed by atoms with Crippen molar-refractivity contribution in [2.75, 3.05) is 39.9 Å². The number of rotatable bonds is 6. The molecule has 6 heteroatoms. The lowest BCUT2D eigenvalue weighted by molar-refractivity contribution is -0.140. The van der Waals surface area contributed by atoms with Crippen molar-refractivity contribution in [2.24, 2.45) is 11.7 Å². The number of piperazine rings is 1. The summed E-state index contributed by atoms with van der Waals surface area (Å²) in [6.07, 6.45) is 1.10. The van der Waals surface area contributed by atoms with Gasteiger partial charge in [0.2, 0.25) is 11.8 Å². The molecule has 0 aliphatic carbocycles. The molecule has 0 aromatic rings. The van der Waals surface area contributed by atoms with Crippen LogP contribution in [0.4, 0.5) is 0 Å². The third-order valence-electron chi connectivity index (χ3n) is 3.48. The summed E-state index contributed by atoms with van der Waals surface area (Å²) in [5.74, 6) is 0.499. The van der Waals surface area contributed by atoms with Crippen molar-refractivity contribution in [3.05, 3.63) is 0 Å². The average Bonchev–Trinajstić information content (AvgIpc) is 2.43. The van der Waals surface area contributed by atoms with E-state index in [0.29, 0.717) is 51.5 Å². The molecule has 1 saturated heterocycles. The fraction of sp³-hybridized carbons (Fsp3) is 0.857. The summed E-state index contributed by atoms with van der Waals surface area (Å²) < 4.78 is 4.93. The van der Waals surface area contributed by atoms with E-state index in [9.17, 15) is 9.59 Å². The number of carbonyl (C=O) groups excluding carboxylic acids is 2. The van der Waals surface area contributed by atoms with Crippen LogP contribution in [0.5, 0.6) is 0 Å². The lowest BCUT2D eigenvalue weighted by Gasteiger charge is -2.36. The maximum Gasteiger partial charge on any atom is 0.239 e. The van der Waals surface area contributed by atoms with Crippen LogP contribution >= 0.6 is 0 Å². The highest BCUT2D eigenvalue weighted by Gasteiger charge is 2.27. The first kappa shape index (κ1) is 16.9. The zero-order valence-corrected chi connectivity index (χ0v) is 12.8. The first-order valence-electron chi connectivity index (χ1n) is 7.26. The van der Waals surface area contributed by atoms with Crippen LogP contribution in [0.3, 0.4) is 0 Å². The highest BCUT2D eigenvalue weighted by atomic mass is 16.5. The van der Waals surface area contributed by atoms with E-state index >= 15 is 0 Å². The first-order chi connectivity index (χ1) is 9.45. The highest BCUT2D eigenvalue weighted by Crippen LogP contribution is 2.09. The lowest BCUT2D eigenvalue weighted by atomic mass is 10.1. The van der Waals surface area contributed by atoms with Gasteiger partial charge in [0.25, 0.3) is 0 Å². The van der Waals surface area contributed by atoms with E-state index in [1.165, 1.54) is 0 Å². The van der Waals surface area contributed by atoms with Crippen molar-refractivity contribution < 1.29 is 14.3 Å². The quantitative estimate of drug-likeness (QED) is 0.749. The molecule has 1 aliphatic heterocycles. The largest absolute Gasteiger partial charge is 0.385 e. The van der Waals surface area contributed by atoms with Crippen LogP contribution in [0.25, 0.3) is 0 Å². The van der Waals surface area contributed by atoms with E-state index in [0.717, 1.165) is 0 Å². The van der Waals surface area contributed by atoms with Crippen molar-refractivity contribution in [3.8, 4) is 0 Å². The molecular formula is C14H27N3O3. The predicted molar refractivity (Wildman–Crippen MR) is 77.1 cm³/mol. The molecule has 6 nitrogen and oxygen atoms in total. The van der Waals surface area contributed by atoms with E-state index in [4.69, 9.17) is 10.5 Å². The van der Waals surface area contributed by atoms with Gasteiger partial charge in [-0.2, -0.15) is 0 Å². The van der Waals surface area contributed by atoms with Crippen LogP contribution in [0.15, 0.2) is 0 Å². The molecule has 0 radical (unpaired) electrons. The summed E-state index contributed by atoms with van der Waals surface area (Å²) in [6, 6.07) is -0.507. The van der Waals surface area contributed by atoms with Gasteiger partial charge in [0.15, 0.2) is 0 Å². The zero-order chi connectivity index (χ0) is 15.1. The molecule has 2 N–H and O–H groups in total. The standard InChI is InChI=1S/C14H27N3O3/c1-11(2)10-13(18)16-5-7-17(8-6-16)14(19)12(15)4-9-20-3/h11-12H,4-10,15H2,1-3H3. The van der Waals surface area contributed by atoms with Crippen molar-refractivity contribution in [2.45, 2.75) is 32.7 Å². The van der Waals surface area contributed by atoms with Gasteiger partial charge >= 0.3 is 0 Å². The number of amides is 2. The fourth-order valence-corrected chi connectivity index (χ4v) is 2.26. The summed E-state index contributed by atoms with van der Waals surface area (Å²) in [6.45, 7) is 6.91. The molecule has 0 saturated carbocycles. The zero-order valence-electron chi connectivity index (χ0n) is 12.8.